The van der Waals surface area contributed by atoms with E-state index < -0.39 is 0 Å². The van der Waals surface area contributed by atoms with E-state index in [0.29, 0.717) is 11.8 Å². The van der Waals surface area contributed by atoms with Crippen LogP contribution in [-0.4, -0.2) is 23.7 Å². The van der Waals surface area contributed by atoms with Gasteiger partial charge in [0, 0.05) is 18.6 Å². The molecule has 2 bridgehead atoms. The van der Waals surface area contributed by atoms with Crippen molar-refractivity contribution < 1.29 is 9.90 Å². The summed E-state index contributed by atoms with van der Waals surface area (Å²) in [6, 6.07) is 10.1. The third kappa shape index (κ3) is 2.35. The lowest BCUT2D eigenvalue weighted by Crippen LogP contribution is -2.46. The molecule has 5 atom stereocenters. The summed E-state index contributed by atoms with van der Waals surface area (Å²) in [5, 5.41) is 12.8. The molecule has 2 aliphatic carbocycles. The zero-order valence-corrected chi connectivity index (χ0v) is 12.0. The van der Waals surface area contributed by atoms with E-state index in [0.717, 1.165) is 5.56 Å². The van der Waals surface area contributed by atoms with Crippen molar-refractivity contribution in [3.63, 3.8) is 0 Å². The van der Waals surface area contributed by atoms with Crippen LogP contribution in [0.5, 0.6) is 0 Å². The predicted molar refractivity (Wildman–Crippen MR) is 78.2 cm³/mol. The number of hydrogen-bond acceptors (Lipinski definition) is 2. The Morgan fingerprint density at radius 3 is 2.70 bits per heavy atom. The smallest absolute Gasteiger partial charge is 0.227 e. The number of carbonyl (C=O) groups is 1. The van der Waals surface area contributed by atoms with E-state index in [1.54, 1.807) is 0 Å². The Kier molecular flexibility index (Phi) is 3.79. The highest BCUT2D eigenvalue weighted by Gasteiger charge is 2.47. The van der Waals surface area contributed by atoms with Gasteiger partial charge in [-0.15, -0.1) is 0 Å². The minimum absolute atomic E-state index is 0.0900. The van der Waals surface area contributed by atoms with Gasteiger partial charge in [0.2, 0.25) is 5.91 Å². The molecule has 0 saturated heterocycles. The van der Waals surface area contributed by atoms with Crippen LogP contribution in [0, 0.1) is 17.8 Å². The zero-order valence-electron chi connectivity index (χ0n) is 12.0. The van der Waals surface area contributed by atoms with E-state index in [4.69, 9.17) is 0 Å². The zero-order chi connectivity index (χ0) is 14.1. The highest BCUT2D eigenvalue weighted by molar-refractivity contribution is 5.83. The van der Waals surface area contributed by atoms with E-state index >= 15 is 0 Å². The molecule has 20 heavy (non-hydrogen) atoms. The Balaban J connectivity index is 1.67. The van der Waals surface area contributed by atoms with Crippen molar-refractivity contribution in [3.05, 3.63) is 35.9 Å². The molecule has 3 nitrogen and oxygen atoms in total. The minimum atomic E-state index is -0.130. The number of hydrogen-bond donors (Lipinski definition) is 2. The highest BCUT2D eigenvalue weighted by atomic mass is 16.3. The fourth-order valence-electron chi connectivity index (χ4n) is 4.08. The van der Waals surface area contributed by atoms with E-state index in [1.165, 1.54) is 19.3 Å². The molecule has 0 unspecified atom stereocenters. The Labute approximate surface area is 120 Å². The molecule has 1 amide bonds. The van der Waals surface area contributed by atoms with Gasteiger partial charge in [0.1, 0.15) is 0 Å². The largest absolute Gasteiger partial charge is 0.396 e. The van der Waals surface area contributed by atoms with Crippen molar-refractivity contribution in [3.8, 4) is 0 Å². The summed E-state index contributed by atoms with van der Waals surface area (Å²) in [4.78, 5) is 12.4. The third-order valence-corrected chi connectivity index (χ3v) is 5.30. The van der Waals surface area contributed by atoms with E-state index in [2.05, 4.69) is 5.32 Å². The maximum absolute atomic E-state index is 12.4. The molecule has 0 aromatic heterocycles. The van der Waals surface area contributed by atoms with Crippen LogP contribution in [0.2, 0.25) is 0 Å². The van der Waals surface area contributed by atoms with Crippen LogP contribution < -0.4 is 5.32 Å². The molecule has 1 aromatic carbocycles. The number of amides is 1. The number of nitrogens with one attached hydrogen (secondary N) is 1. The van der Waals surface area contributed by atoms with Crippen LogP contribution in [0.25, 0.3) is 0 Å². The van der Waals surface area contributed by atoms with Gasteiger partial charge in [-0.2, -0.15) is 0 Å². The first-order valence-corrected chi connectivity index (χ1v) is 7.67. The van der Waals surface area contributed by atoms with E-state index in [1.807, 2.05) is 37.3 Å². The van der Waals surface area contributed by atoms with Crippen molar-refractivity contribution >= 4 is 5.91 Å². The number of fused-ring (bicyclic) bond motifs is 2. The molecule has 2 aliphatic rings. The molecule has 0 radical (unpaired) electrons. The predicted octanol–water partition coefficient (Wildman–Crippen LogP) is 2.31. The summed E-state index contributed by atoms with van der Waals surface area (Å²) < 4.78 is 0. The molecular weight excluding hydrogens is 250 g/mol. The van der Waals surface area contributed by atoms with Crippen LogP contribution >= 0.6 is 0 Å². The molecular formula is C17H23NO2. The second kappa shape index (κ2) is 5.57. The van der Waals surface area contributed by atoms with Gasteiger partial charge in [0.05, 0.1) is 5.92 Å². The van der Waals surface area contributed by atoms with Crippen molar-refractivity contribution in [2.45, 2.75) is 38.1 Å². The minimum Gasteiger partial charge on any atom is -0.396 e. The summed E-state index contributed by atoms with van der Waals surface area (Å²) >= 11 is 0. The van der Waals surface area contributed by atoms with Crippen molar-refractivity contribution in [2.24, 2.45) is 17.8 Å². The number of carbonyl (C=O) groups excluding carboxylic acids is 1. The van der Waals surface area contributed by atoms with Gasteiger partial charge in [-0.1, -0.05) is 30.3 Å². The summed E-state index contributed by atoms with van der Waals surface area (Å²) in [5.41, 5.74) is 1.05. The Morgan fingerprint density at radius 2 is 2.00 bits per heavy atom. The first kappa shape index (κ1) is 13.6. The molecule has 0 heterocycles. The molecule has 0 spiro atoms. The van der Waals surface area contributed by atoms with Crippen LogP contribution in [0.15, 0.2) is 30.3 Å². The van der Waals surface area contributed by atoms with E-state index in [9.17, 15) is 9.90 Å². The summed E-state index contributed by atoms with van der Waals surface area (Å²) in [6.07, 6.45) is 3.60. The summed E-state index contributed by atoms with van der Waals surface area (Å²) in [6.45, 7) is 2.15. The van der Waals surface area contributed by atoms with Crippen LogP contribution in [-0.2, 0) is 4.79 Å². The first-order chi connectivity index (χ1) is 9.70. The molecule has 0 aliphatic heterocycles. The quantitative estimate of drug-likeness (QED) is 0.884. The SMILES string of the molecule is C[C@H](C(=O)N[C@@H]1[C@H]2CC[C@@H](C2)[C@H]1CO)c1ccccc1. The topological polar surface area (TPSA) is 49.3 Å². The van der Waals surface area contributed by atoms with Gasteiger partial charge in [-0.05, 0) is 43.6 Å². The van der Waals surface area contributed by atoms with Gasteiger partial charge in [0.25, 0.3) is 0 Å². The Morgan fingerprint density at radius 1 is 1.30 bits per heavy atom. The monoisotopic (exact) mass is 273 g/mol. The average Bonchev–Trinajstić information content (AvgIpc) is 3.08. The summed E-state index contributed by atoms with van der Waals surface area (Å²) in [7, 11) is 0. The molecule has 3 rings (SSSR count). The first-order valence-electron chi connectivity index (χ1n) is 7.67. The molecule has 1 aromatic rings. The molecule has 3 heteroatoms. The van der Waals surface area contributed by atoms with Crippen molar-refractivity contribution in [1.29, 1.82) is 0 Å². The highest BCUT2D eigenvalue weighted by Crippen LogP contribution is 2.48. The van der Waals surface area contributed by atoms with Gasteiger partial charge in [-0.25, -0.2) is 0 Å². The third-order valence-electron chi connectivity index (χ3n) is 5.30. The average molecular weight is 273 g/mol. The number of aliphatic hydroxyl groups excluding tert-OH is 1. The maximum Gasteiger partial charge on any atom is 0.227 e. The van der Waals surface area contributed by atoms with Crippen molar-refractivity contribution in [2.75, 3.05) is 6.61 Å². The standard InChI is InChI=1S/C17H23NO2/c1-11(12-5-3-2-4-6-12)17(20)18-16-14-8-7-13(9-14)15(16)10-19/h2-6,11,13-16,19H,7-10H2,1H3,(H,18,20)/t11-,13-,14-,15+,16+/m0/s1. The van der Waals surface area contributed by atoms with Gasteiger partial charge in [0.15, 0.2) is 0 Å². The fourth-order valence-corrected chi connectivity index (χ4v) is 4.08. The lowest BCUT2D eigenvalue weighted by molar-refractivity contribution is -0.123. The van der Waals surface area contributed by atoms with Crippen LogP contribution in [0.1, 0.15) is 37.7 Å². The number of rotatable bonds is 4. The van der Waals surface area contributed by atoms with Crippen LogP contribution in [0.4, 0.5) is 0 Å². The van der Waals surface area contributed by atoms with Gasteiger partial charge in [-0.3, -0.25) is 4.79 Å². The molecule has 2 N–H and O–H groups in total. The van der Waals surface area contributed by atoms with Gasteiger partial charge >= 0.3 is 0 Å². The lowest BCUT2D eigenvalue weighted by atomic mass is 9.84. The Bertz CT molecular complexity index is 473. The number of benzene rings is 1. The second-order valence-electron chi connectivity index (χ2n) is 6.35. The lowest BCUT2D eigenvalue weighted by Gasteiger charge is -2.31. The fraction of sp³-hybridized carbons (Fsp3) is 0.588. The molecule has 2 fully saturated rings. The normalized spacial score (nSPS) is 33.1. The van der Waals surface area contributed by atoms with Crippen LogP contribution in [0.3, 0.4) is 0 Å². The maximum atomic E-state index is 12.4. The van der Waals surface area contributed by atoms with Gasteiger partial charge < -0.3 is 10.4 Å². The van der Waals surface area contributed by atoms with Crippen molar-refractivity contribution in [1.82, 2.24) is 5.32 Å². The number of aliphatic hydroxyl groups is 1. The molecule has 108 valence electrons. The second-order valence-corrected chi connectivity index (χ2v) is 6.35. The summed E-state index contributed by atoms with van der Waals surface area (Å²) in [5.74, 6) is 1.41. The Hall–Kier alpha value is -1.35. The van der Waals surface area contributed by atoms with E-state index in [-0.39, 0.29) is 30.4 Å². The molecule has 2 saturated carbocycles.